The lowest BCUT2D eigenvalue weighted by atomic mass is 10.0. The largest absolute Gasteiger partial charge is 0.375 e. The van der Waals surface area contributed by atoms with Crippen molar-refractivity contribution in [2.45, 2.75) is 44.2 Å². The van der Waals surface area contributed by atoms with Crippen LogP contribution in [0, 0.1) is 5.92 Å². The van der Waals surface area contributed by atoms with Gasteiger partial charge in [-0.1, -0.05) is 0 Å². The van der Waals surface area contributed by atoms with Gasteiger partial charge in [0.1, 0.15) is 0 Å². The van der Waals surface area contributed by atoms with Crippen molar-refractivity contribution in [3.05, 3.63) is 0 Å². The van der Waals surface area contributed by atoms with Crippen LogP contribution in [0.3, 0.4) is 0 Å². The second-order valence-corrected chi connectivity index (χ2v) is 6.34. The van der Waals surface area contributed by atoms with E-state index in [4.69, 9.17) is 4.74 Å². The van der Waals surface area contributed by atoms with Gasteiger partial charge in [0, 0.05) is 38.1 Å². The van der Waals surface area contributed by atoms with E-state index in [2.05, 4.69) is 10.6 Å². The first-order chi connectivity index (χ1) is 10.2. The number of likely N-dealkylation sites (tertiary alicyclic amines) is 1. The molecule has 0 aromatic rings. The Morgan fingerprint density at radius 1 is 1.19 bits per heavy atom. The summed E-state index contributed by atoms with van der Waals surface area (Å²) in [7, 11) is 0. The molecule has 2 heterocycles. The van der Waals surface area contributed by atoms with Gasteiger partial charge in [-0.05, 0) is 25.7 Å². The molecule has 0 aromatic heterocycles. The maximum Gasteiger partial charge on any atom is 0.225 e. The molecule has 118 valence electrons. The monoisotopic (exact) mass is 295 g/mol. The number of nitrogens with one attached hydrogen (secondary N) is 2. The molecule has 0 spiro atoms. The molecular weight excluding hydrogens is 270 g/mol. The summed E-state index contributed by atoms with van der Waals surface area (Å²) < 4.78 is 5.54. The molecule has 1 aliphatic carbocycles. The van der Waals surface area contributed by atoms with Crippen LogP contribution < -0.4 is 10.6 Å². The van der Waals surface area contributed by atoms with Crippen molar-refractivity contribution in [3.63, 3.8) is 0 Å². The Balaban J connectivity index is 1.36. The van der Waals surface area contributed by atoms with Crippen molar-refractivity contribution in [2.24, 2.45) is 5.92 Å². The lowest BCUT2D eigenvalue weighted by molar-refractivity contribution is -0.133. The van der Waals surface area contributed by atoms with Crippen LogP contribution in [0.5, 0.6) is 0 Å². The number of hydrogen-bond acceptors (Lipinski definition) is 4. The van der Waals surface area contributed by atoms with E-state index in [0.717, 1.165) is 51.9 Å². The minimum Gasteiger partial charge on any atom is -0.375 e. The Bertz CT molecular complexity index is 384. The molecule has 0 radical (unpaired) electrons. The second kappa shape index (κ2) is 6.75. The van der Waals surface area contributed by atoms with Gasteiger partial charge in [0.05, 0.1) is 19.1 Å². The molecule has 2 amide bonds. The molecular formula is C15H25N3O3. The summed E-state index contributed by atoms with van der Waals surface area (Å²) in [5, 5.41) is 6.32. The molecule has 3 aliphatic rings. The average molecular weight is 295 g/mol. The number of rotatable bonds is 4. The highest BCUT2D eigenvalue weighted by molar-refractivity contribution is 5.81. The van der Waals surface area contributed by atoms with E-state index in [0.29, 0.717) is 24.9 Å². The summed E-state index contributed by atoms with van der Waals surface area (Å²) in [5.41, 5.74) is 0. The third-order valence-electron chi connectivity index (χ3n) is 4.52. The molecule has 2 saturated heterocycles. The van der Waals surface area contributed by atoms with Crippen LogP contribution in [0.4, 0.5) is 0 Å². The number of morpholine rings is 1. The molecule has 3 fully saturated rings. The fourth-order valence-corrected chi connectivity index (χ4v) is 3.08. The van der Waals surface area contributed by atoms with Gasteiger partial charge in [0.25, 0.3) is 0 Å². The van der Waals surface area contributed by atoms with Gasteiger partial charge < -0.3 is 20.3 Å². The summed E-state index contributed by atoms with van der Waals surface area (Å²) in [6.45, 7) is 3.86. The Labute approximate surface area is 125 Å². The molecule has 1 atom stereocenters. The second-order valence-electron chi connectivity index (χ2n) is 6.34. The van der Waals surface area contributed by atoms with Crippen molar-refractivity contribution in [2.75, 3.05) is 32.8 Å². The molecule has 6 heteroatoms. The van der Waals surface area contributed by atoms with Crippen LogP contribution in [0.2, 0.25) is 0 Å². The van der Waals surface area contributed by atoms with Gasteiger partial charge in [-0.25, -0.2) is 0 Å². The standard InChI is InChI=1S/C15H25N3O3/c19-14(9-13-10-16-5-8-21-13)17-12-3-6-18(7-4-12)15(20)11-1-2-11/h11-13,16H,1-10H2,(H,17,19). The van der Waals surface area contributed by atoms with E-state index in [1.54, 1.807) is 0 Å². The first-order valence-corrected chi connectivity index (χ1v) is 8.13. The topological polar surface area (TPSA) is 70.7 Å². The van der Waals surface area contributed by atoms with Crippen LogP contribution >= 0.6 is 0 Å². The smallest absolute Gasteiger partial charge is 0.225 e. The maximum absolute atomic E-state index is 12.0. The molecule has 1 saturated carbocycles. The van der Waals surface area contributed by atoms with Crippen molar-refractivity contribution >= 4 is 11.8 Å². The van der Waals surface area contributed by atoms with Crippen molar-refractivity contribution in [1.29, 1.82) is 0 Å². The highest BCUT2D eigenvalue weighted by Crippen LogP contribution is 2.31. The van der Waals surface area contributed by atoms with E-state index in [9.17, 15) is 9.59 Å². The highest BCUT2D eigenvalue weighted by atomic mass is 16.5. The van der Waals surface area contributed by atoms with E-state index >= 15 is 0 Å². The summed E-state index contributed by atoms with van der Waals surface area (Å²) >= 11 is 0. The van der Waals surface area contributed by atoms with Gasteiger partial charge in [0.15, 0.2) is 0 Å². The van der Waals surface area contributed by atoms with Crippen molar-refractivity contribution < 1.29 is 14.3 Å². The number of nitrogens with zero attached hydrogens (tertiary/aromatic N) is 1. The normalized spacial score (nSPS) is 27.4. The number of carbonyl (C=O) groups is 2. The number of hydrogen-bond donors (Lipinski definition) is 2. The third-order valence-corrected chi connectivity index (χ3v) is 4.52. The zero-order chi connectivity index (χ0) is 14.7. The summed E-state index contributed by atoms with van der Waals surface area (Å²) in [5.74, 6) is 0.684. The molecule has 0 aromatic carbocycles. The van der Waals surface area contributed by atoms with Gasteiger partial charge in [0.2, 0.25) is 11.8 Å². The first kappa shape index (κ1) is 14.8. The molecule has 1 unspecified atom stereocenters. The van der Waals surface area contributed by atoms with Crippen molar-refractivity contribution in [3.8, 4) is 0 Å². The number of ether oxygens (including phenoxy) is 1. The molecule has 2 aliphatic heterocycles. The Morgan fingerprint density at radius 3 is 2.57 bits per heavy atom. The van der Waals surface area contributed by atoms with E-state index in [1.165, 1.54) is 0 Å². The first-order valence-electron chi connectivity index (χ1n) is 8.13. The minimum absolute atomic E-state index is 0.00437. The van der Waals surface area contributed by atoms with Crippen molar-refractivity contribution in [1.82, 2.24) is 15.5 Å². The predicted molar refractivity (Wildman–Crippen MR) is 77.7 cm³/mol. The Hall–Kier alpha value is -1.14. The predicted octanol–water partition coefficient (Wildman–Crippen LogP) is -0.118. The quantitative estimate of drug-likeness (QED) is 0.759. The van der Waals surface area contributed by atoms with E-state index in [1.807, 2.05) is 4.90 Å². The fraction of sp³-hybridized carbons (Fsp3) is 0.867. The van der Waals surface area contributed by atoms with E-state index < -0.39 is 0 Å². The lowest BCUT2D eigenvalue weighted by Gasteiger charge is -2.33. The van der Waals surface area contributed by atoms with Crippen LogP contribution in [-0.2, 0) is 14.3 Å². The van der Waals surface area contributed by atoms with Crippen LogP contribution in [-0.4, -0.2) is 61.6 Å². The number of amides is 2. The van der Waals surface area contributed by atoms with Crippen LogP contribution in [0.15, 0.2) is 0 Å². The summed E-state index contributed by atoms with van der Waals surface area (Å²) in [6.07, 6.45) is 4.28. The lowest BCUT2D eigenvalue weighted by Crippen LogP contribution is -2.48. The number of carbonyl (C=O) groups excluding carboxylic acids is 2. The van der Waals surface area contributed by atoms with Crippen LogP contribution in [0.25, 0.3) is 0 Å². The van der Waals surface area contributed by atoms with Gasteiger partial charge in [-0.2, -0.15) is 0 Å². The van der Waals surface area contributed by atoms with Crippen LogP contribution in [0.1, 0.15) is 32.1 Å². The molecule has 3 rings (SSSR count). The minimum atomic E-state index is -0.00437. The summed E-state index contributed by atoms with van der Waals surface area (Å²) in [6, 6.07) is 0.206. The maximum atomic E-state index is 12.0. The highest BCUT2D eigenvalue weighted by Gasteiger charge is 2.35. The molecule has 2 N–H and O–H groups in total. The zero-order valence-corrected chi connectivity index (χ0v) is 12.5. The Morgan fingerprint density at radius 2 is 1.95 bits per heavy atom. The third kappa shape index (κ3) is 4.17. The SMILES string of the molecule is O=C(CC1CNCCO1)NC1CCN(C(=O)C2CC2)CC1. The fourth-order valence-electron chi connectivity index (χ4n) is 3.08. The number of piperidine rings is 1. The zero-order valence-electron chi connectivity index (χ0n) is 12.5. The van der Waals surface area contributed by atoms with E-state index in [-0.39, 0.29) is 18.1 Å². The molecule has 21 heavy (non-hydrogen) atoms. The Kier molecular flexibility index (Phi) is 4.75. The molecule has 6 nitrogen and oxygen atoms in total. The molecule has 0 bridgehead atoms. The van der Waals surface area contributed by atoms with Gasteiger partial charge in [-0.15, -0.1) is 0 Å². The average Bonchev–Trinajstić information content (AvgIpc) is 3.33. The van der Waals surface area contributed by atoms with Gasteiger partial charge >= 0.3 is 0 Å². The van der Waals surface area contributed by atoms with Gasteiger partial charge in [-0.3, -0.25) is 9.59 Å². The summed E-state index contributed by atoms with van der Waals surface area (Å²) in [4.78, 5) is 25.9.